The van der Waals surface area contributed by atoms with Crippen molar-refractivity contribution in [2.45, 2.75) is 27.7 Å². The van der Waals surface area contributed by atoms with Crippen molar-refractivity contribution in [1.82, 2.24) is 10.3 Å². The van der Waals surface area contributed by atoms with E-state index in [1.54, 1.807) is 0 Å². The number of hydrogen-bond acceptors (Lipinski definition) is 2. The molecule has 3 nitrogen and oxygen atoms in total. The highest BCUT2D eigenvalue weighted by Crippen LogP contribution is 2.23. The Balaban J connectivity index is 2.75. The Hall–Kier alpha value is -1.90. The lowest BCUT2D eigenvalue weighted by Crippen LogP contribution is -2.23. The van der Waals surface area contributed by atoms with Gasteiger partial charge in [0.05, 0.1) is 11.1 Å². The third-order valence-electron chi connectivity index (χ3n) is 2.96. The highest BCUT2D eigenvalue weighted by molar-refractivity contribution is 6.07. The van der Waals surface area contributed by atoms with E-state index >= 15 is 0 Å². The molecule has 0 unspecified atom stereocenters. The van der Waals surface area contributed by atoms with Gasteiger partial charge in [0.2, 0.25) is 0 Å². The fourth-order valence-corrected chi connectivity index (χ4v) is 2.25. The molecule has 0 atom stereocenters. The third kappa shape index (κ3) is 2.21. The van der Waals surface area contributed by atoms with Crippen molar-refractivity contribution in [2.24, 2.45) is 0 Å². The summed E-state index contributed by atoms with van der Waals surface area (Å²) in [6.45, 7) is 8.54. The van der Waals surface area contributed by atoms with Crippen LogP contribution >= 0.6 is 0 Å². The molecule has 1 N–H and O–H groups in total. The second kappa shape index (κ2) is 4.77. The van der Waals surface area contributed by atoms with Gasteiger partial charge in [-0.3, -0.25) is 9.78 Å². The predicted octanol–water partition coefficient (Wildman–Crippen LogP) is 2.91. The van der Waals surface area contributed by atoms with Gasteiger partial charge < -0.3 is 5.32 Å². The lowest BCUT2D eigenvalue weighted by Gasteiger charge is -2.10. The van der Waals surface area contributed by atoms with Gasteiger partial charge >= 0.3 is 0 Å². The van der Waals surface area contributed by atoms with Crippen LogP contribution in [0.5, 0.6) is 0 Å². The molecular weight excluding hydrogens is 224 g/mol. The van der Waals surface area contributed by atoms with Gasteiger partial charge in [-0.05, 0) is 45.4 Å². The molecular formula is C15H18N2O. The van der Waals surface area contributed by atoms with E-state index in [1.165, 1.54) is 0 Å². The van der Waals surface area contributed by atoms with Gasteiger partial charge in [-0.25, -0.2) is 0 Å². The monoisotopic (exact) mass is 242 g/mol. The summed E-state index contributed by atoms with van der Waals surface area (Å²) >= 11 is 0. The fraction of sp³-hybridized carbons (Fsp3) is 0.333. The summed E-state index contributed by atoms with van der Waals surface area (Å²) < 4.78 is 0. The van der Waals surface area contributed by atoms with E-state index in [0.717, 1.165) is 27.7 Å². The number of fused-ring (bicyclic) bond motifs is 1. The van der Waals surface area contributed by atoms with Crippen molar-refractivity contribution in [1.29, 1.82) is 0 Å². The Morgan fingerprint density at radius 1 is 1.22 bits per heavy atom. The number of hydrogen-bond donors (Lipinski definition) is 1. The minimum Gasteiger partial charge on any atom is -0.352 e. The van der Waals surface area contributed by atoms with E-state index in [-0.39, 0.29) is 5.91 Å². The highest BCUT2D eigenvalue weighted by atomic mass is 16.1. The number of carbonyl (C=O) groups is 1. The fourth-order valence-electron chi connectivity index (χ4n) is 2.25. The van der Waals surface area contributed by atoms with Crippen LogP contribution in [0.3, 0.4) is 0 Å². The Morgan fingerprint density at radius 2 is 1.94 bits per heavy atom. The van der Waals surface area contributed by atoms with Crippen molar-refractivity contribution in [2.75, 3.05) is 6.54 Å². The number of pyridine rings is 1. The molecule has 2 aromatic rings. The molecule has 94 valence electrons. The Bertz CT molecular complexity index is 617. The lowest BCUT2D eigenvalue weighted by molar-refractivity contribution is 0.0957. The summed E-state index contributed by atoms with van der Waals surface area (Å²) in [6.07, 6.45) is 0. The van der Waals surface area contributed by atoms with Gasteiger partial charge in [0.15, 0.2) is 0 Å². The molecule has 0 aliphatic heterocycles. The molecule has 1 aromatic heterocycles. The second-order valence-corrected chi connectivity index (χ2v) is 4.65. The van der Waals surface area contributed by atoms with E-state index in [0.29, 0.717) is 12.1 Å². The summed E-state index contributed by atoms with van der Waals surface area (Å²) in [5.41, 5.74) is 4.76. The van der Waals surface area contributed by atoms with Crippen LogP contribution in [0.4, 0.5) is 0 Å². The van der Waals surface area contributed by atoms with Gasteiger partial charge in [0.1, 0.15) is 0 Å². The normalized spacial score (nSPS) is 10.7. The quantitative estimate of drug-likeness (QED) is 0.879. The van der Waals surface area contributed by atoms with Gasteiger partial charge in [0, 0.05) is 17.6 Å². The number of nitrogens with zero attached hydrogens (tertiary/aromatic N) is 1. The number of aryl methyl sites for hydroxylation is 3. The standard InChI is InChI=1S/C15H18N2O/c1-5-16-15(18)13-8-11(4)17-14-10(3)6-9(2)7-12(13)14/h6-8H,5H2,1-4H3,(H,16,18). The number of carbonyl (C=O) groups excluding carboxylic acids is 1. The predicted molar refractivity (Wildman–Crippen MR) is 74.0 cm³/mol. The van der Waals surface area contributed by atoms with E-state index in [4.69, 9.17) is 0 Å². The number of aromatic nitrogens is 1. The van der Waals surface area contributed by atoms with Crippen LogP contribution < -0.4 is 5.32 Å². The molecule has 0 aliphatic carbocycles. The number of rotatable bonds is 2. The minimum atomic E-state index is -0.0296. The van der Waals surface area contributed by atoms with E-state index in [2.05, 4.69) is 16.4 Å². The summed E-state index contributed by atoms with van der Waals surface area (Å²) in [5, 5.41) is 3.79. The van der Waals surface area contributed by atoms with Gasteiger partial charge in [-0.2, -0.15) is 0 Å². The van der Waals surface area contributed by atoms with Crippen molar-refractivity contribution < 1.29 is 4.79 Å². The smallest absolute Gasteiger partial charge is 0.252 e. The van der Waals surface area contributed by atoms with Gasteiger partial charge in [-0.15, -0.1) is 0 Å². The van der Waals surface area contributed by atoms with Crippen LogP contribution in [0.15, 0.2) is 18.2 Å². The van der Waals surface area contributed by atoms with Crippen molar-refractivity contribution in [3.8, 4) is 0 Å². The second-order valence-electron chi connectivity index (χ2n) is 4.65. The van der Waals surface area contributed by atoms with E-state index < -0.39 is 0 Å². The summed E-state index contributed by atoms with van der Waals surface area (Å²) in [7, 11) is 0. The summed E-state index contributed by atoms with van der Waals surface area (Å²) in [5.74, 6) is -0.0296. The molecule has 18 heavy (non-hydrogen) atoms. The Morgan fingerprint density at radius 3 is 2.61 bits per heavy atom. The summed E-state index contributed by atoms with van der Waals surface area (Å²) in [4.78, 5) is 16.6. The third-order valence-corrected chi connectivity index (χ3v) is 2.96. The van der Waals surface area contributed by atoms with Crippen LogP contribution in [0.1, 0.15) is 34.1 Å². The molecule has 2 rings (SSSR count). The zero-order chi connectivity index (χ0) is 13.3. The molecule has 0 bridgehead atoms. The van der Waals surface area contributed by atoms with Crippen LogP contribution in [-0.4, -0.2) is 17.4 Å². The van der Waals surface area contributed by atoms with Gasteiger partial charge in [-0.1, -0.05) is 11.6 Å². The molecule has 3 heteroatoms. The zero-order valence-electron chi connectivity index (χ0n) is 11.3. The van der Waals surface area contributed by atoms with Crippen LogP contribution in [0.2, 0.25) is 0 Å². The summed E-state index contributed by atoms with van der Waals surface area (Å²) in [6, 6.07) is 5.97. The molecule has 0 aliphatic rings. The first-order valence-electron chi connectivity index (χ1n) is 6.19. The number of amides is 1. The molecule has 0 radical (unpaired) electrons. The lowest BCUT2D eigenvalue weighted by atomic mass is 10.0. The first kappa shape index (κ1) is 12.6. The SMILES string of the molecule is CCNC(=O)c1cc(C)nc2c(C)cc(C)cc12. The first-order chi connectivity index (χ1) is 8.52. The maximum absolute atomic E-state index is 12.1. The van der Waals surface area contributed by atoms with Crippen LogP contribution in [-0.2, 0) is 0 Å². The van der Waals surface area contributed by atoms with E-state index in [9.17, 15) is 4.79 Å². The maximum Gasteiger partial charge on any atom is 0.252 e. The molecule has 0 fully saturated rings. The van der Waals surface area contributed by atoms with Gasteiger partial charge in [0.25, 0.3) is 5.91 Å². The zero-order valence-corrected chi connectivity index (χ0v) is 11.3. The molecule has 1 heterocycles. The molecule has 1 aromatic carbocycles. The molecule has 0 spiro atoms. The largest absolute Gasteiger partial charge is 0.352 e. The average Bonchev–Trinajstić information content (AvgIpc) is 2.29. The average molecular weight is 242 g/mol. The van der Waals surface area contributed by atoms with Crippen molar-refractivity contribution in [3.63, 3.8) is 0 Å². The van der Waals surface area contributed by atoms with Crippen LogP contribution in [0, 0.1) is 20.8 Å². The number of nitrogens with one attached hydrogen (secondary N) is 1. The Kier molecular flexibility index (Phi) is 3.32. The van der Waals surface area contributed by atoms with Crippen molar-refractivity contribution >= 4 is 16.8 Å². The first-order valence-corrected chi connectivity index (χ1v) is 6.19. The van der Waals surface area contributed by atoms with Crippen molar-refractivity contribution in [3.05, 3.63) is 40.6 Å². The molecule has 0 saturated heterocycles. The highest BCUT2D eigenvalue weighted by Gasteiger charge is 2.12. The minimum absolute atomic E-state index is 0.0296. The molecule has 0 saturated carbocycles. The number of benzene rings is 1. The Labute approximate surface area is 107 Å². The topological polar surface area (TPSA) is 42.0 Å². The van der Waals surface area contributed by atoms with E-state index in [1.807, 2.05) is 39.8 Å². The maximum atomic E-state index is 12.1. The van der Waals surface area contributed by atoms with Crippen LogP contribution in [0.25, 0.3) is 10.9 Å². The molecule has 1 amide bonds.